The quantitative estimate of drug-likeness (QED) is 0.634. The maximum atomic E-state index is 12.5. The van der Waals surface area contributed by atoms with Gasteiger partial charge in [-0.25, -0.2) is 0 Å². The lowest BCUT2D eigenvalue weighted by molar-refractivity contribution is -0.130. The molecule has 1 N–H and O–H groups in total. The van der Waals surface area contributed by atoms with E-state index in [1.54, 1.807) is 12.0 Å². The number of aromatic nitrogens is 3. The Morgan fingerprint density at radius 3 is 2.56 bits per heavy atom. The summed E-state index contributed by atoms with van der Waals surface area (Å²) in [5, 5.41) is 7.13. The number of carbonyl (C=O) groups is 1. The lowest BCUT2D eigenvalue weighted by Crippen LogP contribution is -2.27. The number of hydrogen-bond acceptors (Lipinski definition) is 4. The third-order valence-corrected chi connectivity index (χ3v) is 4.66. The highest BCUT2D eigenvalue weighted by Gasteiger charge is 2.13. The standard InChI is InChI=1S/C20H22N4O2S/c1-23(14-15-6-4-3-5-7-15)18(25)12-13-24-19(21-22-20(24)27)16-8-10-17(26-2)11-9-16/h3-11H,12-14H2,1-2H3,(H,22,27). The zero-order chi connectivity index (χ0) is 19.2. The highest BCUT2D eigenvalue weighted by atomic mass is 32.1. The highest BCUT2D eigenvalue weighted by molar-refractivity contribution is 7.71. The van der Waals surface area contributed by atoms with Crippen LogP contribution in [0.5, 0.6) is 5.75 Å². The predicted molar refractivity (Wildman–Crippen MR) is 107 cm³/mol. The zero-order valence-electron chi connectivity index (χ0n) is 15.4. The van der Waals surface area contributed by atoms with Crippen molar-refractivity contribution in [3.63, 3.8) is 0 Å². The summed E-state index contributed by atoms with van der Waals surface area (Å²) in [4.78, 5) is 14.2. The van der Waals surface area contributed by atoms with Crippen LogP contribution < -0.4 is 4.74 Å². The van der Waals surface area contributed by atoms with Gasteiger partial charge in [-0.15, -0.1) is 0 Å². The minimum Gasteiger partial charge on any atom is -0.497 e. The first-order valence-electron chi connectivity index (χ1n) is 8.66. The highest BCUT2D eigenvalue weighted by Crippen LogP contribution is 2.21. The molecule has 0 radical (unpaired) electrons. The molecule has 1 aromatic heterocycles. The normalized spacial score (nSPS) is 10.6. The van der Waals surface area contributed by atoms with Gasteiger partial charge in [0, 0.05) is 32.1 Å². The monoisotopic (exact) mass is 382 g/mol. The first kappa shape index (κ1) is 18.8. The first-order valence-corrected chi connectivity index (χ1v) is 9.07. The minimum atomic E-state index is 0.0580. The van der Waals surface area contributed by atoms with E-state index in [1.165, 1.54) is 0 Å². The van der Waals surface area contributed by atoms with E-state index in [-0.39, 0.29) is 5.91 Å². The Labute approximate surface area is 163 Å². The third kappa shape index (κ3) is 4.62. The van der Waals surface area contributed by atoms with Crippen molar-refractivity contribution in [3.8, 4) is 17.1 Å². The zero-order valence-corrected chi connectivity index (χ0v) is 16.2. The summed E-state index contributed by atoms with van der Waals surface area (Å²) in [5.41, 5.74) is 2.01. The van der Waals surface area contributed by atoms with Crippen LogP contribution in [0.15, 0.2) is 54.6 Å². The summed E-state index contributed by atoms with van der Waals surface area (Å²) in [7, 11) is 3.44. The van der Waals surface area contributed by atoms with Crippen molar-refractivity contribution in [1.29, 1.82) is 0 Å². The fraction of sp³-hybridized carbons (Fsp3) is 0.250. The fourth-order valence-electron chi connectivity index (χ4n) is 2.83. The number of rotatable bonds is 7. The van der Waals surface area contributed by atoms with E-state index in [0.717, 1.165) is 16.9 Å². The number of nitrogens with one attached hydrogen (secondary N) is 1. The summed E-state index contributed by atoms with van der Waals surface area (Å²) < 4.78 is 7.54. The van der Waals surface area contributed by atoms with Crippen LogP contribution in [0.25, 0.3) is 11.4 Å². The summed E-state index contributed by atoms with van der Waals surface area (Å²) in [6, 6.07) is 17.5. The Morgan fingerprint density at radius 2 is 1.89 bits per heavy atom. The van der Waals surface area contributed by atoms with Gasteiger partial charge in [0.25, 0.3) is 0 Å². The summed E-state index contributed by atoms with van der Waals surface area (Å²) in [5.74, 6) is 1.54. The summed E-state index contributed by atoms with van der Waals surface area (Å²) in [6.07, 6.45) is 0.348. The molecule has 0 aliphatic heterocycles. The van der Waals surface area contributed by atoms with E-state index >= 15 is 0 Å². The number of hydrogen-bond donors (Lipinski definition) is 1. The molecule has 0 unspecified atom stereocenters. The van der Waals surface area contributed by atoms with Crippen molar-refractivity contribution in [2.45, 2.75) is 19.5 Å². The fourth-order valence-corrected chi connectivity index (χ4v) is 3.05. The Kier molecular flexibility index (Phi) is 6.03. The van der Waals surface area contributed by atoms with Gasteiger partial charge in [0.15, 0.2) is 10.6 Å². The van der Waals surface area contributed by atoms with Crippen LogP contribution in [0.4, 0.5) is 0 Å². The number of aromatic amines is 1. The molecule has 0 atom stereocenters. The molecule has 0 saturated carbocycles. The minimum absolute atomic E-state index is 0.0580. The molecule has 0 saturated heterocycles. The Balaban J connectivity index is 1.68. The van der Waals surface area contributed by atoms with E-state index in [0.29, 0.717) is 30.1 Å². The van der Waals surface area contributed by atoms with Gasteiger partial charge in [0.1, 0.15) is 5.75 Å². The molecule has 6 nitrogen and oxygen atoms in total. The van der Waals surface area contributed by atoms with E-state index in [1.807, 2.05) is 66.2 Å². The smallest absolute Gasteiger partial charge is 0.224 e. The van der Waals surface area contributed by atoms with Gasteiger partial charge in [-0.3, -0.25) is 14.5 Å². The lowest BCUT2D eigenvalue weighted by atomic mass is 10.2. The molecule has 0 bridgehead atoms. The van der Waals surface area contributed by atoms with Gasteiger partial charge in [-0.05, 0) is 42.0 Å². The molecule has 0 aliphatic carbocycles. The maximum absolute atomic E-state index is 12.5. The summed E-state index contributed by atoms with van der Waals surface area (Å²) in [6.45, 7) is 1.05. The third-order valence-electron chi connectivity index (χ3n) is 4.34. The van der Waals surface area contributed by atoms with Crippen molar-refractivity contribution in [3.05, 3.63) is 64.9 Å². The number of carbonyl (C=O) groups excluding carboxylic acids is 1. The number of nitrogens with zero attached hydrogens (tertiary/aromatic N) is 3. The van der Waals surface area contributed by atoms with E-state index in [4.69, 9.17) is 17.0 Å². The lowest BCUT2D eigenvalue weighted by Gasteiger charge is -2.17. The average Bonchev–Trinajstić information content (AvgIpc) is 3.07. The molecule has 7 heteroatoms. The molecular formula is C20H22N4O2S. The van der Waals surface area contributed by atoms with Crippen LogP contribution in [0, 0.1) is 4.77 Å². The number of ether oxygens (including phenoxy) is 1. The molecule has 1 heterocycles. The van der Waals surface area contributed by atoms with Crippen LogP contribution >= 0.6 is 12.2 Å². The molecule has 27 heavy (non-hydrogen) atoms. The molecule has 140 valence electrons. The second kappa shape index (κ2) is 8.64. The summed E-state index contributed by atoms with van der Waals surface area (Å²) >= 11 is 5.34. The van der Waals surface area contributed by atoms with Crippen molar-refractivity contribution in [2.24, 2.45) is 0 Å². The van der Waals surface area contributed by atoms with Crippen molar-refractivity contribution < 1.29 is 9.53 Å². The van der Waals surface area contributed by atoms with Gasteiger partial charge in [-0.2, -0.15) is 5.10 Å². The molecule has 3 rings (SSSR count). The van der Waals surface area contributed by atoms with Gasteiger partial charge in [0.2, 0.25) is 5.91 Å². The first-order chi connectivity index (χ1) is 13.1. The molecule has 0 spiro atoms. The van der Waals surface area contributed by atoms with Gasteiger partial charge < -0.3 is 9.64 Å². The van der Waals surface area contributed by atoms with Crippen LogP contribution in [0.2, 0.25) is 0 Å². The van der Waals surface area contributed by atoms with Gasteiger partial charge >= 0.3 is 0 Å². The molecule has 3 aromatic rings. The molecule has 0 fully saturated rings. The molecule has 1 amide bonds. The topological polar surface area (TPSA) is 63.1 Å². The molecular weight excluding hydrogens is 360 g/mol. The number of methoxy groups -OCH3 is 1. The second-order valence-electron chi connectivity index (χ2n) is 6.22. The second-order valence-corrected chi connectivity index (χ2v) is 6.60. The van der Waals surface area contributed by atoms with Crippen molar-refractivity contribution in [2.75, 3.05) is 14.2 Å². The Hall–Kier alpha value is -2.93. The number of benzene rings is 2. The van der Waals surface area contributed by atoms with E-state index < -0.39 is 0 Å². The van der Waals surface area contributed by atoms with Crippen molar-refractivity contribution >= 4 is 18.1 Å². The van der Waals surface area contributed by atoms with Crippen LogP contribution in [-0.4, -0.2) is 39.7 Å². The number of amides is 1. The predicted octanol–water partition coefficient (Wildman–Crippen LogP) is 3.66. The van der Waals surface area contributed by atoms with E-state index in [2.05, 4.69) is 10.2 Å². The average molecular weight is 382 g/mol. The Bertz CT molecular complexity index is 948. The van der Waals surface area contributed by atoms with Crippen LogP contribution in [0.3, 0.4) is 0 Å². The van der Waals surface area contributed by atoms with Crippen molar-refractivity contribution in [1.82, 2.24) is 19.7 Å². The SMILES string of the molecule is COc1ccc(-c2n[nH]c(=S)n2CCC(=O)N(C)Cc2ccccc2)cc1. The van der Waals surface area contributed by atoms with Gasteiger partial charge in [-0.1, -0.05) is 30.3 Å². The molecule has 2 aromatic carbocycles. The maximum Gasteiger partial charge on any atom is 0.224 e. The van der Waals surface area contributed by atoms with E-state index in [9.17, 15) is 4.79 Å². The van der Waals surface area contributed by atoms with Crippen LogP contribution in [0.1, 0.15) is 12.0 Å². The molecule has 0 aliphatic rings. The Morgan fingerprint density at radius 1 is 1.19 bits per heavy atom. The number of H-pyrrole nitrogens is 1. The largest absolute Gasteiger partial charge is 0.497 e. The van der Waals surface area contributed by atoms with Crippen LogP contribution in [-0.2, 0) is 17.9 Å². The van der Waals surface area contributed by atoms with Gasteiger partial charge in [0.05, 0.1) is 7.11 Å².